The number of hydrogen-bond donors (Lipinski definition) is 2. The van der Waals surface area contributed by atoms with Crippen LogP contribution < -0.4 is 10.6 Å². The quantitative estimate of drug-likeness (QED) is 0.599. The second kappa shape index (κ2) is 9.21. The van der Waals surface area contributed by atoms with Gasteiger partial charge in [-0.05, 0) is 42.8 Å². The van der Waals surface area contributed by atoms with Crippen LogP contribution >= 0.6 is 0 Å². The fraction of sp³-hybridized carbons (Fsp3) is 0.190. The molecule has 3 heterocycles. The Morgan fingerprint density at radius 3 is 2.68 bits per heavy atom. The lowest BCUT2D eigenvalue weighted by molar-refractivity contribution is -0.115. The highest BCUT2D eigenvalue weighted by Crippen LogP contribution is 2.26. The molecule has 3 aromatic rings. The first-order valence-corrected chi connectivity index (χ1v) is 9.14. The lowest BCUT2D eigenvalue weighted by atomic mass is 10.1. The number of aromatic nitrogens is 3. The first kappa shape index (κ1) is 21.7. The van der Waals surface area contributed by atoms with E-state index in [0.717, 1.165) is 0 Å². The highest BCUT2D eigenvalue weighted by Gasteiger charge is 2.32. The number of rotatable bonds is 7. The zero-order chi connectivity index (χ0) is 22.4. The van der Waals surface area contributed by atoms with Gasteiger partial charge in [-0.25, -0.2) is 14.4 Å². The molecule has 158 valence electrons. The average molecular weight is 426 g/mol. The van der Waals surface area contributed by atoms with E-state index in [1.165, 1.54) is 55.7 Å². The fourth-order valence-electron chi connectivity index (χ4n) is 2.66. The first-order chi connectivity index (χ1) is 14.8. The average Bonchev–Trinajstić information content (AvgIpc) is 2.76. The van der Waals surface area contributed by atoms with Crippen LogP contribution in [0.2, 0.25) is 0 Å². The van der Waals surface area contributed by atoms with Crippen molar-refractivity contribution >= 4 is 17.5 Å². The molecule has 0 saturated heterocycles. The van der Waals surface area contributed by atoms with Crippen molar-refractivity contribution < 1.29 is 18.0 Å². The summed E-state index contributed by atoms with van der Waals surface area (Å²) in [5.41, 5.74) is 0.0543. The third-order valence-electron chi connectivity index (χ3n) is 4.29. The van der Waals surface area contributed by atoms with Crippen molar-refractivity contribution in [2.24, 2.45) is 0 Å². The van der Waals surface area contributed by atoms with Gasteiger partial charge in [-0.1, -0.05) is 6.07 Å². The third-order valence-corrected chi connectivity index (χ3v) is 4.29. The molecule has 1 amide bonds. The molecule has 10 heteroatoms. The van der Waals surface area contributed by atoms with Gasteiger partial charge in [0.25, 0.3) is 0 Å². The molecule has 0 bridgehead atoms. The number of alkyl halides is 2. The van der Waals surface area contributed by atoms with Gasteiger partial charge in [-0.2, -0.15) is 14.0 Å². The fourth-order valence-corrected chi connectivity index (χ4v) is 2.66. The maximum atomic E-state index is 14.3. The van der Waals surface area contributed by atoms with Crippen LogP contribution in [0.25, 0.3) is 0 Å². The van der Waals surface area contributed by atoms with Crippen molar-refractivity contribution in [1.29, 1.82) is 5.26 Å². The lowest BCUT2D eigenvalue weighted by Gasteiger charge is -2.17. The predicted octanol–water partition coefficient (Wildman–Crippen LogP) is 3.58. The van der Waals surface area contributed by atoms with E-state index < -0.39 is 29.9 Å². The number of hydrogen-bond acceptors (Lipinski definition) is 6. The summed E-state index contributed by atoms with van der Waals surface area (Å²) in [6.07, 6.45) is 2.25. The normalized spacial score (nSPS) is 10.9. The molecular weight excluding hydrogens is 409 g/mol. The van der Waals surface area contributed by atoms with Crippen molar-refractivity contribution in [3.63, 3.8) is 0 Å². The van der Waals surface area contributed by atoms with Crippen LogP contribution in [0.5, 0.6) is 0 Å². The number of amides is 1. The van der Waals surface area contributed by atoms with Crippen molar-refractivity contribution in [3.8, 4) is 6.07 Å². The summed E-state index contributed by atoms with van der Waals surface area (Å²) < 4.78 is 42.6. The van der Waals surface area contributed by atoms with E-state index in [-0.39, 0.29) is 29.3 Å². The number of nitriles is 1. The lowest BCUT2D eigenvalue weighted by Crippen LogP contribution is -2.26. The molecule has 31 heavy (non-hydrogen) atoms. The van der Waals surface area contributed by atoms with Gasteiger partial charge in [-0.3, -0.25) is 9.78 Å². The van der Waals surface area contributed by atoms with E-state index in [1.807, 2.05) is 6.07 Å². The van der Waals surface area contributed by atoms with E-state index >= 15 is 0 Å². The molecule has 0 atom stereocenters. The number of nitrogens with zero attached hydrogens (tertiary/aromatic N) is 4. The Morgan fingerprint density at radius 1 is 1.16 bits per heavy atom. The van der Waals surface area contributed by atoms with Gasteiger partial charge in [-0.15, -0.1) is 0 Å². The van der Waals surface area contributed by atoms with Gasteiger partial charge in [0.2, 0.25) is 5.91 Å². The van der Waals surface area contributed by atoms with Gasteiger partial charge in [0.1, 0.15) is 17.6 Å². The Kier molecular flexibility index (Phi) is 6.45. The van der Waals surface area contributed by atoms with Gasteiger partial charge >= 0.3 is 5.92 Å². The van der Waals surface area contributed by atoms with E-state index in [9.17, 15) is 23.2 Å². The van der Waals surface area contributed by atoms with E-state index in [4.69, 9.17) is 0 Å². The van der Waals surface area contributed by atoms with Gasteiger partial charge in [0.05, 0.1) is 24.2 Å². The largest absolute Gasteiger partial charge is 0.364 e. The van der Waals surface area contributed by atoms with Crippen LogP contribution in [0.4, 0.5) is 24.8 Å². The Hall–Kier alpha value is -4.00. The molecule has 0 aromatic carbocycles. The SMILES string of the molecule is Cc1ccnc(NC(=O)Cc2nc(NCC(F)(F)c3ccccn3)ccc2C#N)c1F. The number of anilines is 2. The zero-order valence-corrected chi connectivity index (χ0v) is 16.4. The number of carbonyl (C=O) groups is 1. The summed E-state index contributed by atoms with van der Waals surface area (Å²) in [5, 5.41) is 14.1. The zero-order valence-electron chi connectivity index (χ0n) is 16.4. The summed E-state index contributed by atoms with van der Waals surface area (Å²) in [5.74, 6) is -4.78. The number of halogens is 3. The number of aryl methyl sites for hydroxylation is 1. The summed E-state index contributed by atoms with van der Waals surface area (Å²) in [6, 6.07) is 10.3. The van der Waals surface area contributed by atoms with E-state index in [0.29, 0.717) is 5.56 Å². The summed E-state index contributed by atoms with van der Waals surface area (Å²) in [6.45, 7) is 0.741. The van der Waals surface area contributed by atoms with E-state index in [2.05, 4.69) is 25.6 Å². The molecule has 0 aliphatic heterocycles. The standard InChI is InChI=1S/C21H17F3N6O/c1-13-7-9-27-20(19(13)22)30-18(31)10-15-14(11-25)5-6-17(29-15)28-12-21(23,24)16-4-2-3-8-26-16/h2-9H,10,12H2,1H3,(H,28,29)(H,27,30,31). The second-order valence-electron chi connectivity index (χ2n) is 6.59. The van der Waals surface area contributed by atoms with Crippen molar-refractivity contribution in [3.05, 3.63) is 77.1 Å². The Bertz CT molecular complexity index is 1130. The molecule has 3 aromatic heterocycles. The van der Waals surface area contributed by atoms with Crippen LogP contribution in [0.3, 0.4) is 0 Å². The molecule has 3 rings (SSSR count). The highest BCUT2D eigenvalue weighted by atomic mass is 19.3. The van der Waals surface area contributed by atoms with Crippen LogP contribution in [0, 0.1) is 24.1 Å². The maximum Gasteiger partial charge on any atom is 0.306 e. The van der Waals surface area contributed by atoms with E-state index in [1.54, 1.807) is 0 Å². The minimum Gasteiger partial charge on any atom is -0.364 e. The smallest absolute Gasteiger partial charge is 0.306 e. The summed E-state index contributed by atoms with van der Waals surface area (Å²) in [7, 11) is 0. The minimum absolute atomic E-state index is 0.0530. The maximum absolute atomic E-state index is 14.3. The number of carbonyl (C=O) groups excluding carboxylic acids is 1. The van der Waals surface area contributed by atoms with Crippen molar-refractivity contribution in [2.45, 2.75) is 19.3 Å². The predicted molar refractivity (Wildman–Crippen MR) is 107 cm³/mol. The van der Waals surface area contributed by atoms with Crippen molar-refractivity contribution in [1.82, 2.24) is 15.0 Å². The molecule has 0 spiro atoms. The Morgan fingerprint density at radius 2 is 1.97 bits per heavy atom. The molecule has 0 unspecified atom stereocenters. The monoisotopic (exact) mass is 426 g/mol. The minimum atomic E-state index is -3.26. The van der Waals surface area contributed by atoms with Crippen LogP contribution in [0.1, 0.15) is 22.5 Å². The molecule has 0 aliphatic carbocycles. The molecule has 7 nitrogen and oxygen atoms in total. The molecular formula is C21H17F3N6O. The van der Waals surface area contributed by atoms with Gasteiger partial charge in [0, 0.05) is 12.4 Å². The van der Waals surface area contributed by atoms with Crippen LogP contribution in [-0.4, -0.2) is 27.4 Å². The van der Waals surface area contributed by atoms with Gasteiger partial charge < -0.3 is 10.6 Å². The summed E-state index contributed by atoms with van der Waals surface area (Å²) >= 11 is 0. The molecule has 0 saturated carbocycles. The Labute approximate surface area is 176 Å². The third kappa shape index (κ3) is 5.33. The first-order valence-electron chi connectivity index (χ1n) is 9.14. The van der Waals surface area contributed by atoms with Crippen LogP contribution in [-0.2, 0) is 17.1 Å². The number of pyridine rings is 3. The van der Waals surface area contributed by atoms with Crippen LogP contribution in [0.15, 0.2) is 48.8 Å². The highest BCUT2D eigenvalue weighted by molar-refractivity contribution is 5.91. The molecule has 2 N–H and O–H groups in total. The second-order valence-corrected chi connectivity index (χ2v) is 6.59. The number of nitrogens with one attached hydrogen (secondary N) is 2. The van der Waals surface area contributed by atoms with Gasteiger partial charge in [0.15, 0.2) is 11.6 Å². The molecule has 0 radical (unpaired) electrons. The van der Waals surface area contributed by atoms with Crippen molar-refractivity contribution in [2.75, 3.05) is 17.2 Å². The molecule has 0 aliphatic rings. The topological polar surface area (TPSA) is 104 Å². The molecule has 0 fully saturated rings. The summed E-state index contributed by atoms with van der Waals surface area (Å²) in [4.78, 5) is 23.8. The Balaban J connectivity index is 1.72.